The normalized spacial score (nSPS) is 9.95. The summed E-state index contributed by atoms with van der Waals surface area (Å²) in [6.07, 6.45) is 4.77. The van der Waals surface area contributed by atoms with Crippen LogP contribution in [0.25, 0.3) is 0 Å². The van der Waals surface area contributed by atoms with Crippen LogP contribution in [0.4, 0.5) is 0 Å². The predicted octanol–water partition coefficient (Wildman–Crippen LogP) is -1.30. The van der Waals surface area contributed by atoms with Gasteiger partial charge in [0.2, 0.25) is 19.2 Å². The van der Waals surface area contributed by atoms with Crippen molar-refractivity contribution in [1.82, 2.24) is 20.9 Å². The first-order valence-corrected chi connectivity index (χ1v) is 6.58. The van der Waals surface area contributed by atoms with Gasteiger partial charge in [0, 0.05) is 19.6 Å². The van der Waals surface area contributed by atoms with Gasteiger partial charge in [-0.15, -0.1) is 0 Å². The second-order valence-corrected chi connectivity index (χ2v) is 4.12. The highest BCUT2D eigenvalue weighted by atomic mass is 16.1. The first kappa shape index (κ1) is 17.4. The van der Waals surface area contributed by atoms with Crippen LogP contribution >= 0.6 is 0 Å². The zero-order valence-corrected chi connectivity index (χ0v) is 11.3. The molecule has 3 amide bonds. The molecule has 0 aromatic heterocycles. The smallest absolute Gasteiger partial charge is 0.207 e. The minimum Gasteiger partial charge on any atom is -0.359 e. The van der Waals surface area contributed by atoms with Crippen molar-refractivity contribution in [2.45, 2.75) is 19.3 Å². The van der Waals surface area contributed by atoms with E-state index in [1.807, 2.05) is 0 Å². The lowest BCUT2D eigenvalue weighted by molar-refractivity contribution is -0.110. The number of hydrogen-bond acceptors (Lipinski definition) is 4. The van der Waals surface area contributed by atoms with Crippen LogP contribution in [0.5, 0.6) is 0 Å². The van der Waals surface area contributed by atoms with Crippen LogP contribution in [-0.2, 0) is 14.4 Å². The number of nitrogens with zero attached hydrogens (tertiary/aromatic N) is 1. The molecule has 0 fully saturated rings. The van der Waals surface area contributed by atoms with Gasteiger partial charge in [-0.3, -0.25) is 14.4 Å². The molecule has 0 heterocycles. The average molecular weight is 272 g/mol. The molecule has 0 radical (unpaired) electrons. The van der Waals surface area contributed by atoms with Crippen LogP contribution in [0.15, 0.2) is 0 Å². The van der Waals surface area contributed by atoms with Crippen molar-refractivity contribution in [2.75, 3.05) is 39.3 Å². The highest BCUT2D eigenvalue weighted by Gasteiger charge is 2.04. The standard InChI is InChI=1S/C12H24N4O3/c17-10-13-4-1-7-16(8-2-5-14-11-18)9-3-6-15-12-19/h10-12H,1-9H2,(H,13,17)(H,14,18)(H,15,19). The highest BCUT2D eigenvalue weighted by Crippen LogP contribution is 1.96. The van der Waals surface area contributed by atoms with Crippen LogP contribution in [0.3, 0.4) is 0 Å². The molecule has 0 unspecified atom stereocenters. The summed E-state index contributed by atoms with van der Waals surface area (Å²) in [5.74, 6) is 0. The number of carbonyl (C=O) groups excluding carboxylic acids is 3. The molecule has 7 nitrogen and oxygen atoms in total. The van der Waals surface area contributed by atoms with E-state index in [-0.39, 0.29) is 0 Å². The van der Waals surface area contributed by atoms with Crippen LogP contribution in [-0.4, -0.2) is 63.4 Å². The molecule has 0 atom stereocenters. The molecule has 0 aromatic carbocycles. The van der Waals surface area contributed by atoms with E-state index < -0.39 is 0 Å². The second-order valence-electron chi connectivity index (χ2n) is 4.12. The van der Waals surface area contributed by atoms with E-state index in [4.69, 9.17) is 0 Å². The van der Waals surface area contributed by atoms with E-state index in [9.17, 15) is 14.4 Å². The molecule has 0 rings (SSSR count). The fourth-order valence-electron chi connectivity index (χ4n) is 1.73. The Labute approximate surface area is 114 Å². The van der Waals surface area contributed by atoms with Gasteiger partial charge in [0.05, 0.1) is 0 Å². The maximum absolute atomic E-state index is 10.1. The minimum absolute atomic E-state index is 0.666. The fourth-order valence-corrected chi connectivity index (χ4v) is 1.73. The van der Waals surface area contributed by atoms with Gasteiger partial charge in [-0.1, -0.05) is 0 Å². The molecule has 0 bridgehead atoms. The Hall–Kier alpha value is -1.63. The second kappa shape index (κ2) is 14.4. The molecule has 110 valence electrons. The molecular weight excluding hydrogens is 248 g/mol. The first-order valence-electron chi connectivity index (χ1n) is 6.58. The molecule has 0 saturated carbocycles. The van der Waals surface area contributed by atoms with E-state index >= 15 is 0 Å². The molecule has 0 aromatic rings. The fraction of sp³-hybridized carbons (Fsp3) is 0.750. The zero-order valence-electron chi connectivity index (χ0n) is 11.3. The van der Waals surface area contributed by atoms with Gasteiger partial charge in [-0.05, 0) is 38.9 Å². The van der Waals surface area contributed by atoms with Crippen molar-refractivity contribution < 1.29 is 14.4 Å². The lowest BCUT2D eigenvalue weighted by atomic mass is 10.3. The summed E-state index contributed by atoms with van der Waals surface area (Å²) in [6.45, 7) is 4.67. The molecule has 0 aliphatic carbocycles. The maximum Gasteiger partial charge on any atom is 0.207 e. The third kappa shape index (κ3) is 12.6. The number of amides is 3. The largest absolute Gasteiger partial charge is 0.359 e. The Bertz CT molecular complexity index is 201. The van der Waals surface area contributed by atoms with E-state index in [0.717, 1.165) is 38.9 Å². The van der Waals surface area contributed by atoms with Crippen molar-refractivity contribution in [2.24, 2.45) is 0 Å². The molecule has 7 heteroatoms. The van der Waals surface area contributed by atoms with E-state index in [1.54, 1.807) is 0 Å². The van der Waals surface area contributed by atoms with Crippen LogP contribution in [0.1, 0.15) is 19.3 Å². The maximum atomic E-state index is 10.1. The quantitative estimate of drug-likeness (QED) is 0.255. The minimum atomic E-state index is 0.666. The van der Waals surface area contributed by atoms with Gasteiger partial charge in [0.1, 0.15) is 0 Å². The lowest BCUT2D eigenvalue weighted by Gasteiger charge is -2.22. The number of hydrogen-bond donors (Lipinski definition) is 3. The Morgan fingerprint density at radius 2 is 0.947 bits per heavy atom. The number of rotatable bonds is 15. The summed E-state index contributed by atoms with van der Waals surface area (Å²) in [4.78, 5) is 32.7. The van der Waals surface area contributed by atoms with Crippen molar-refractivity contribution in [1.29, 1.82) is 0 Å². The Morgan fingerprint density at radius 1 is 0.632 bits per heavy atom. The summed E-state index contributed by atoms with van der Waals surface area (Å²) in [6, 6.07) is 0. The summed E-state index contributed by atoms with van der Waals surface area (Å²) >= 11 is 0. The number of carbonyl (C=O) groups is 3. The first-order chi connectivity index (χ1) is 9.35. The predicted molar refractivity (Wildman–Crippen MR) is 72.5 cm³/mol. The van der Waals surface area contributed by atoms with E-state index in [2.05, 4.69) is 20.9 Å². The van der Waals surface area contributed by atoms with Crippen LogP contribution in [0, 0.1) is 0 Å². The topological polar surface area (TPSA) is 90.5 Å². The zero-order chi connectivity index (χ0) is 14.2. The molecule has 19 heavy (non-hydrogen) atoms. The summed E-state index contributed by atoms with van der Waals surface area (Å²) in [5, 5.41) is 7.90. The van der Waals surface area contributed by atoms with Crippen molar-refractivity contribution in [3.63, 3.8) is 0 Å². The third-order valence-electron chi connectivity index (χ3n) is 2.64. The Morgan fingerprint density at radius 3 is 1.21 bits per heavy atom. The monoisotopic (exact) mass is 272 g/mol. The Kier molecular flexibility index (Phi) is 13.2. The van der Waals surface area contributed by atoms with Crippen LogP contribution in [0.2, 0.25) is 0 Å². The number of nitrogens with one attached hydrogen (secondary N) is 3. The third-order valence-corrected chi connectivity index (χ3v) is 2.64. The van der Waals surface area contributed by atoms with Gasteiger partial charge in [0.15, 0.2) is 0 Å². The van der Waals surface area contributed by atoms with Crippen molar-refractivity contribution >= 4 is 19.2 Å². The van der Waals surface area contributed by atoms with E-state index in [0.29, 0.717) is 38.9 Å². The molecule has 0 saturated heterocycles. The summed E-state index contributed by atoms with van der Waals surface area (Å²) in [7, 11) is 0. The molecule has 3 N–H and O–H groups in total. The van der Waals surface area contributed by atoms with Gasteiger partial charge < -0.3 is 20.9 Å². The van der Waals surface area contributed by atoms with Crippen molar-refractivity contribution in [3.8, 4) is 0 Å². The van der Waals surface area contributed by atoms with Gasteiger partial charge in [-0.25, -0.2) is 0 Å². The van der Waals surface area contributed by atoms with Crippen molar-refractivity contribution in [3.05, 3.63) is 0 Å². The van der Waals surface area contributed by atoms with Gasteiger partial charge >= 0.3 is 0 Å². The summed E-state index contributed by atoms with van der Waals surface area (Å²) in [5.41, 5.74) is 0. The average Bonchev–Trinajstić information content (AvgIpc) is 2.43. The SMILES string of the molecule is O=CNCCCN(CCCNC=O)CCCNC=O. The molecule has 0 aliphatic heterocycles. The highest BCUT2D eigenvalue weighted by molar-refractivity contribution is 5.46. The Balaban J connectivity index is 3.74. The van der Waals surface area contributed by atoms with Crippen LogP contribution < -0.4 is 16.0 Å². The summed E-state index contributed by atoms with van der Waals surface area (Å²) < 4.78 is 0. The molecule has 0 aliphatic rings. The lowest BCUT2D eigenvalue weighted by Crippen LogP contribution is -2.32. The molecule has 0 spiro atoms. The molecular formula is C12H24N4O3. The van der Waals surface area contributed by atoms with Gasteiger partial charge in [-0.2, -0.15) is 0 Å². The van der Waals surface area contributed by atoms with E-state index in [1.165, 1.54) is 0 Å². The van der Waals surface area contributed by atoms with Gasteiger partial charge in [0.25, 0.3) is 0 Å².